The number of fused-ring (bicyclic) bond motifs is 1. The molecule has 1 amide bonds. The van der Waals surface area contributed by atoms with E-state index < -0.39 is 22.1 Å². The van der Waals surface area contributed by atoms with Gasteiger partial charge in [0.1, 0.15) is 5.84 Å². The minimum Gasteiger partial charge on any atom is -0.452 e. The molecule has 0 saturated heterocycles. The third kappa shape index (κ3) is 4.16. The topological polar surface area (TPSA) is 114 Å². The molecule has 0 radical (unpaired) electrons. The monoisotopic (exact) mass is 365 g/mol. The quantitative estimate of drug-likeness (QED) is 0.705. The molecule has 1 saturated carbocycles. The van der Waals surface area contributed by atoms with Gasteiger partial charge in [-0.25, -0.2) is 8.42 Å². The maximum Gasteiger partial charge on any atom is 0.308 e. The number of carbonyl (C=O) groups excluding carboxylic acids is 2. The van der Waals surface area contributed by atoms with Crippen LogP contribution in [0.5, 0.6) is 0 Å². The number of sulfonamides is 1. The van der Waals surface area contributed by atoms with Gasteiger partial charge >= 0.3 is 5.97 Å². The number of amidine groups is 1. The summed E-state index contributed by atoms with van der Waals surface area (Å²) in [5.74, 6) is -0.653. The zero-order valence-electron chi connectivity index (χ0n) is 13.7. The molecule has 0 aromatic heterocycles. The average molecular weight is 365 g/mol. The lowest BCUT2D eigenvalue weighted by Crippen LogP contribution is -2.37. The van der Waals surface area contributed by atoms with E-state index >= 15 is 0 Å². The Morgan fingerprint density at radius 3 is 2.80 bits per heavy atom. The summed E-state index contributed by atoms with van der Waals surface area (Å²) in [6.45, 7) is 1.57. The van der Waals surface area contributed by atoms with E-state index in [0.717, 1.165) is 12.8 Å². The second kappa shape index (κ2) is 6.83. The lowest BCUT2D eigenvalue weighted by Gasteiger charge is -2.12. The molecule has 3 rings (SSSR count). The molecule has 25 heavy (non-hydrogen) atoms. The van der Waals surface area contributed by atoms with Crippen LogP contribution in [-0.4, -0.2) is 44.8 Å². The molecule has 1 heterocycles. The van der Waals surface area contributed by atoms with Crippen molar-refractivity contribution in [3.05, 3.63) is 29.8 Å². The SMILES string of the molecule is C[C@H](OC(=O)CCN=C1NS(=O)(=O)c2ccccc21)C(=O)NC1CC1. The third-order valence-corrected chi connectivity index (χ3v) is 5.25. The van der Waals surface area contributed by atoms with Crippen molar-refractivity contribution in [2.24, 2.45) is 4.99 Å². The fourth-order valence-electron chi connectivity index (χ4n) is 2.37. The first-order chi connectivity index (χ1) is 11.9. The summed E-state index contributed by atoms with van der Waals surface area (Å²) in [6.07, 6.45) is 1.02. The van der Waals surface area contributed by atoms with Gasteiger partial charge in [-0.2, -0.15) is 0 Å². The molecule has 1 fully saturated rings. The summed E-state index contributed by atoms with van der Waals surface area (Å²) in [5.41, 5.74) is 0.480. The predicted molar refractivity (Wildman–Crippen MR) is 89.5 cm³/mol. The molecule has 134 valence electrons. The van der Waals surface area contributed by atoms with E-state index in [1.54, 1.807) is 18.2 Å². The highest BCUT2D eigenvalue weighted by Crippen LogP contribution is 2.22. The van der Waals surface area contributed by atoms with Crippen LogP contribution >= 0.6 is 0 Å². The first kappa shape index (κ1) is 17.4. The maximum absolute atomic E-state index is 11.9. The van der Waals surface area contributed by atoms with E-state index in [4.69, 9.17) is 4.74 Å². The van der Waals surface area contributed by atoms with Crippen LogP contribution in [0.25, 0.3) is 0 Å². The van der Waals surface area contributed by atoms with Crippen LogP contribution in [0, 0.1) is 0 Å². The zero-order valence-corrected chi connectivity index (χ0v) is 14.5. The summed E-state index contributed by atoms with van der Waals surface area (Å²) < 4.78 is 31.3. The average Bonchev–Trinajstić information content (AvgIpc) is 3.33. The van der Waals surface area contributed by atoms with Crippen LogP contribution in [0.1, 0.15) is 31.7 Å². The molecule has 0 bridgehead atoms. The molecule has 8 nitrogen and oxygen atoms in total. The van der Waals surface area contributed by atoms with Crippen LogP contribution < -0.4 is 10.0 Å². The summed E-state index contributed by atoms with van der Waals surface area (Å²) in [5, 5.41) is 2.76. The second-order valence-corrected chi connectivity index (χ2v) is 7.65. The first-order valence-electron chi connectivity index (χ1n) is 8.03. The van der Waals surface area contributed by atoms with Crippen LogP contribution in [0.15, 0.2) is 34.2 Å². The molecule has 2 aliphatic rings. The number of aliphatic imine (C=N–C) groups is 1. The fourth-order valence-corrected chi connectivity index (χ4v) is 3.62. The molecule has 0 unspecified atom stereocenters. The van der Waals surface area contributed by atoms with Gasteiger partial charge in [-0.1, -0.05) is 12.1 Å². The molecule has 2 N–H and O–H groups in total. The summed E-state index contributed by atoms with van der Waals surface area (Å²) in [6, 6.07) is 6.69. The van der Waals surface area contributed by atoms with Crippen molar-refractivity contribution in [2.75, 3.05) is 6.54 Å². The Hall–Kier alpha value is -2.42. The number of rotatable bonds is 6. The van der Waals surface area contributed by atoms with Gasteiger partial charge in [0.25, 0.3) is 15.9 Å². The predicted octanol–water partition coefficient (Wildman–Crippen LogP) is 0.325. The number of benzene rings is 1. The number of hydrogen-bond acceptors (Lipinski definition) is 6. The van der Waals surface area contributed by atoms with Crippen molar-refractivity contribution in [3.8, 4) is 0 Å². The van der Waals surface area contributed by atoms with Crippen LogP contribution in [0.2, 0.25) is 0 Å². The first-order valence-corrected chi connectivity index (χ1v) is 9.51. The van der Waals surface area contributed by atoms with Gasteiger partial charge in [0.05, 0.1) is 17.9 Å². The Morgan fingerprint density at radius 2 is 2.08 bits per heavy atom. The van der Waals surface area contributed by atoms with Crippen LogP contribution in [-0.2, 0) is 24.3 Å². The molecule has 1 aromatic rings. The van der Waals surface area contributed by atoms with Gasteiger partial charge in [-0.15, -0.1) is 0 Å². The van der Waals surface area contributed by atoms with E-state index in [2.05, 4.69) is 15.0 Å². The molecular formula is C16H19N3O5S. The molecular weight excluding hydrogens is 346 g/mol. The Morgan fingerprint density at radius 1 is 1.36 bits per heavy atom. The number of carbonyl (C=O) groups is 2. The van der Waals surface area contributed by atoms with Crippen molar-refractivity contribution in [1.29, 1.82) is 0 Å². The number of amides is 1. The summed E-state index contributed by atoms with van der Waals surface area (Å²) >= 11 is 0. The van der Waals surface area contributed by atoms with E-state index in [1.165, 1.54) is 13.0 Å². The van der Waals surface area contributed by atoms with Gasteiger partial charge < -0.3 is 10.1 Å². The highest BCUT2D eigenvalue weighted by molar-refractivity contribution is 7.90. The van der Waals surface area contributed by atoms with E-state index in [9.17, 15) is 18.0 Å². The molecule has 9 heteroatoms. The minimum absolute atomic E-state index is 0.0472. The Labute approximate surface area is 145 Å². The number of nitrogens with one attached hydrogen (secondary N) is 2. The normalized spacial score (nSPS) is 20.4. The van der Waals surface area contributed by atoms with Gasteiger partial charge in [0.2, 0.25) is 0 Å². The standard InChI is InChI=1S/C16H19N3O5S/c1-10(16(21)18-11-6-7-11)24-14(20)8-9-17-15-12-4-2-3-5-13(12)25(22,23)19-15/h2-5,10-11H,6-9H2,1H3,(H,17,19)(H,18,21)/t10-/m0/s1. The number of esters is 1. The second-order valence-electron chi connectivity index (χ2n) is 6.00. The highest BCUT2D eigenvalue weighted by Gasteiger charge is 2.30. The van der Waals surface area contributed by atoms with Crippen LogP contribution in [0.3, 0.4) is 0 Å². The molecule has 1 aliphatic carbocycles. The Bertz CT molecular complexity index is 830. The Kier molecular flexibility index (Phi) is 4.76. The van der Waals surface area contributed by atoms with Gasteiger partial charge in [-0.05, 0) is 31.9 Å². The Balaban J connectivity index is 1.53. The lowest BCUT2D eigenvalue weighted by atomic mass is 10.2. The number of nitrogens with zero attached hydrogens (tertiary/aromatic N) is 1. The smallest absolute Gasteiger partial charge is 0.308 e. The lowest BCUT2D eigenvalue weighted by molar-refractivity contribution is -0.154. The van der Waals surface area contributed by atoms with Gasteiger partial charge in [0, 0.05) is 11.6 Å². The van der Waals surface area contributed by atoms with Crippen molar-refractivity contribution >= 4 is 27.7 Å². The van der Waals surface area contributed by atoms with Crippen LogP contribution in [0.4, 0.5) is 0 Å². The van der Waals surface area contributed by atoms with Crippen molar-refractivity contribution < 1.29 is 22.7 Å². The van der Waals surface area contributed by atoms with Gasteiger partial charge in [-0.3, -0.25) is 19.3 Å². The van der Waals surface area contributed by atoms with Crippen molar-refractivity contribution in [1.82, 2.24) is 10.0 Å². The largest absolute Gasteiger partial charge is 0.452 e. The number of ether oxygens (including phenoxy) is 1. The molecule has 0 spiro atoms. The van der Waals surface area contributed by atoms with E-state index in [-0.39, 0.29) is 35.6 Å². The zero-order chi connectivity index (χ0) is 18.0. The molecule has 1 aromatic carbocycles. The minimum atomic E-state index is -3.59. The van der Waals surface area contributed by atoms with Gasteiger partial charge in [0.15, 0.2) is 6.10 Å². The summed E-state index contributed by atoms with van der Waals surface area (Å²) in [7, 11) is -3.59. The fraction of sp³-hybridized carbons (Fsp3) is 0.438. The summed E-state index contributed by atoms with van der Waals surface area (Å²) in [4.78, 5) is 27.8. The van der Waals surface area contributed by atoms with Crippen molar-refractivity contribution in [3.63, 3.8) is 0 Å². The molecule has 1 aliphatic heterocycles. The molecule has 1 atom stereocenters. The number of hydrogen-bond donors (Lipinski definition) is 2. The third-order valence-electron chi connectivity index (χ3n) is 3.85. The van der Waals surface area contributed by atoms with E-state index in [1.807, 2.05) is 0 Å². The van der Waals surface area contributed by atoms with E-state index in [0.29, 0.717) is 5.56 Å². The maximum atomic E-state index is 11.9. The van der Waals surface area contributed by atoms with Crippen molar-refractivity contribution in [2.45, 2.75) is 43.2 Å². The highest BCUT2D eigenvalue weighted by atomic mass is 32.2.